The Labute approximate surface area is 88.9 Å². The van der Waals surface area contributed by atoms with Crippen LogP contribution in [0.15, 0.2) is 23.5 Å². The molecule has 0 saturated carbocycles. The van der Waals surface area contributed by atoms with Crippen LogP contribution in [0.1, 0.15) is 16.1 Å². The first-order valence-corrected chi connectivity index (χ1v) is 4.36. The molecule has 0 bridgehead atoms. The number of aromatic nitrogens is 2. The fourth-order valence-corrected chi connectivity index (χ4v) is 1.47. The van der Waals surface area contributed by atoms with E-state index in [0.29, 0.717) is 5.56 Å². The summed E-state index contributed by atoms with van der Waals surface area (Å²) in [6.07, 6.45) is 1.46. The number of hydrogen-bond acceptors (Lipinski definition) is 5. The summed E-state index contributed by atoms with van der Waals surface area (Å²) in [6.45, 7) is -0.293. The number of nitrogens with zero attached hydrogens (tertiary/aromatic N) is 3. The molecule has 2 aromatic heterocycles. The third-order valence-corrected chi connectivity index (χ3v) is 2.17. The van der Waals surface area contributed by atoms with Crippen LogP contribution in [-0.2, 0) is 6.61 Å². The molecule has 0 atom stereocenters. The van der Waals surface area contributed by atoms with Crippen molar-refractivity contribution in [2.75, 3.05) is 0 Å². The van der Waals surface area contributed by atoms with E-state index in [2.05, 4.69) is 10.2 Å². The quantitative estimate of drug-likeness (QED) is 0.750. The predicted molar refractivity (Wildman–Crippen MR) is 53.5 cm³/mol. The van der Waals surface area contributed by atoms with Gasteiger partial charge in [-0.1, -0.05) is 6.07 Å². The van der Waals surface area contributed by atoms with Crippen LogP contribution in [0.5, 0.6) is 0 Å². The van der Waals surface area contributed by atoms with Crippen LogP contribution in [0.3, 0.4) is 0 Å². The molecule has 82 valence electrons. The van der Waals surface area contributed by atoms with Crippen molar-refractivity contribution in [2.24, 2.45) is 5.18 Å². The van der Waals surface area contributed by atoms with E-state index in [1.807, 2.05) is 0 Å². The van der Waals surface area contributed by atoms with E-state index in [-0.39, 0.29) is 18.1 Å². The smallest absolute Gasteiger partial charge is 0.358 e. The molecule has 0 amide bonds. The molecule has 2 N–H and O–H groups in total. The first-order chi connectivity index (χ1) is 7.69. The Kier molecular flexibility index (Phi) is 2.37. The average Bonchev–Trinajstić information content (AvgIpc) is 2.67. The molecule has 2 heterocycles. The number of aromatic carboxylic acids is 1. The highest BCUT2D eigenvalue weighted by Gasteiger charge is 2.20. The fraction of sp³-hybridized carbons (Fsp3) is 0.111. The maximum Gasteiger partial charge on any atom is 0.358 e. The van der Waals surface area contributed by atoms with Gasteiger partial charge in [-0.2, -0.15) is 0 Å². The van der Waals surface area contributed by atoms with E-state index in [1.54, 1.807) is 12.1 Å². The molecular weight excluding hydrogens is 214 g/mol. The van der Waals surface area contributed by atoms with Crippen LogP contribution < -0.4 is 0 Å². The van der Waals surface area contributed by atoms with E-state index in [0.717, 1.165) is 0 Å². The molecule has 7 heteroatoms. The minimum Gasteiger partial charge on any atom is -0.476 e. The van der Waals surface area contributed by atoms with Crippen molar-refractivity contribution >= 4 is 17.4 Å². The summed E-state index contributed by atoms with van der Waals surface area (Å²) in [4.78, 5) is 25.1. The summed E-state index contributed by atoms with van der Waals surface area (Å²) in [6, 6.07) is 3.16. The van der Waals surface area contributed by atoms with Gasteiger partial charge in [0, 0.05) is 11.8 Å². The van der Waals surface area contributed by atoms with Gasteiger partial charge in [-0.25, -0.2) is 9.78 Å². The van der Waals surface area contributed by atoms with E-state index in [9.17, 15) is 9.70 Å². The predicted octanol–water partition coefficient (Wildman–Crippen LogP) is 0.923. The molecule has 0 radical (unpaired) electrons. The Morgan fingerprint density at radius 1 is 1.56 bits per heavy atom. The number of rotatable bonds is 3. The minimum atomic E-state index is -1.33. The highest BCUT2D eigenvalue weighted by molar-refractivity contribution is 5.92. The Hall–Kier alpha value is -2.28. The van der Waals surface area contributed by atoms with E-state index >= 15 is 0 Å². The molecule has 0 saturated heterocycles. The highest BCUT2D eigenvalue weighted by atomic mass is 16.4. The van der Waals surface area contributed by atoms with E-state index < -0.39 is 11.7 Å². The zero-order valence-electron chi connectivity index (χ0n) is 7.99. The van der Waals surface area contributed by atoms with Gasteiger partial charge in [0.1, 0.15) is 5.65 Å². The lowest BCUT2D eigenvalue weighted by Gasteiger charge is -1.98. The van der Waals surface area contributed by atoms with Gasteiger partial charge in [-0.05, 0) is 11.2 Å². The Bertz CT molecular complexity index is 575. The first kappa shape index (κ1) is 10.2. The molecule has 0 fully saturated rings. The van der Waals surface area contributed by atoms with Crippen LogP contribution >= 0.6 is 0 Å². The summed E-state index contributed by atoms with van der Waals surface area (Å²) in [5, 5.41) is 20.5. The number of aliphatic hydroxyl groups is 1. The Morgan fingerprint density at radius 3 is 2.88 bits per heavy atom. The molecule has 7 nitrogen and oxygen atoms in total. The zero-order valence-corrected chi connectivity index (χ0v) is 7.99. The summed E-state index contributed by atoms with van der Waals surface area (Å²) >= 11 is 0. The number of hydrogen-bond donors (Lipinski definition) is 2. The van der Waals surface area contributed by atoms with Crippen molar-refractivity contribution in [3.63, 3.8) is 0 Å². The van der Waals surface area contributed by atoms with E-state index in [4.69, 9.17) is 10.2 Å². The number of imidazole rings is 1. The average molecular weight is 221 g/mol. The van der Waals surface area contributed by atoms with Gasteiger partial charge >= 0.3 is 5.97 Å². The Balaban J connectivity index is 2.86. The molecule has 0 aliphatic heterocycles. The van der Waals surface area contributed by atoms with Gasteiger partial charge in [-0.3, -0.25) is 4.40 Å². The van der Waals surface area contributed by atoms with Crippen LogP contribution in [0.4, 0.5) is 5.82 Å². The molecule has 0 aliphatic carbocycles. The van der Waals surface area contributed by atoms with Gasteiger partial charge in [-0.15, -0.1) is 4.91 Å². The molecule has 0 spiro atoms. The molecular formula is C9H7N3O4. The third kappa shape index (κ3) is 1.34. The van der Waals surface area contributed by atoms with Crippen LogP contribution in [0, 0.1) is 4.91 Å². The minimum absolute atomic E-state index is 0.219. The van der Waals surface area contributed by atoms with Crippen molar-refractivity contribution in [3.8, 4) is 0 Å². The van der Waals surface area contributed by atoms with Crippen molar-refractivity contribution in [1.29, 1.82) is 0 Å². The SMILES string of the molecule is O=Nc1c(C(=O)O)nc2c(CO)cccn12. The van der Waals surface area contributed by atoms with Crippen LogP contribution in [0.2, 0.25) is 0 Å². The largest absolute Gasteiger partial charge is 0.476 e. The summed E-state index contributed by atoms with van der Waals surface area (Å²) in [5.74, 6) is -1.61. The second-order valence-electron chi connectivity index (χ2n) is 3.07. The van der Waals surface area contributed by atoms with Crippen LogP contribution in [-0.4, -0.2) is 25.6 Å². The standard InChI is InChI=1S/C9H7N3O4/c13-4-5-2-1-3-12-7(5)10-6(9(14)15)8(12)11-16/h1-3,13H,4H2,(H,14,15). The van der Waals surface area contributed by atoms with Gasteiger partial charge in [0.15, 0.2) is 5.69 Å². The highest BCUT2D eigenvalue weighted by Crippen LogP contribution is 2.23. The number of carboxylic acids is 1. The van der Waals surface area contributed by atoms with Crippen molar-refractivity contribution < 1.29 is 15.0 Å². The normalized spacial score (nSPS) is 10.6. The molecule has 2 rings (SSSR count). The number of carboxylic acid groups (broad SMARTS) is 1. The zero-order chi connectivity index (χ0) is 11.7. The van der Waals surface area contributed by atoms with Crippen molar-refractivity contribution in [1.82, 2.24) is 9.38 Å². The van der Waals surface area contributed by atoms with Crippen molar-refractivity contribution in [3.05, 3.63) is 34.5 Å². The summed E-state index contributed by atoms with van der Waals surface area (Å²) in [5.41, 5.74) is 0.229. The molecule has 2 aromatic rings. The first-order valence-electron chi connectivity index (χ1n) is 4.36. The number of aliphatic hydroxyl groups excluding tert-OH is 1. The molecule has 0 aliphatic rings. The van der Waals surface area contributed by atoms with Crippen molar-refractivity contribution in [2.45, 2.75) is 6.61 Å². The van der Waals surface area contributed by atoms with Gasteiger partial charge < -0.3 is 10.2 Å². The lowest BCUT2D eigenvalue weighted by atomic mass is 10.3. The molecule has 0 aromatic carbocycles. The van der Waals surface area contributed by atoms with Gasteiger partial charge in [0.05, 0.1) is 6.61 Å². The third-order valence-electron chi connectivity index (χ3n) is 2.17. The number of nitroso groups, excluding NO2 is 1. The maximum absolute atomic E-state index is 10.8. The van der Waals surface area contributed by atoms with Gasteiger partial charge in [0.25, 0.3) is 0 Å². The Morgan fingerprint density at radius 2 is 2.31 bits per heavy atom. The van der Waals surface area contributed by atoms with E-state index in [1.165, 1.54) is 10.6 Å². The molecule has 16 heavy (non-hydrogen) atoms. The summed E-state index contributed by atoms with van der Waals surface area (Å²) < 4.78 is 1.24. The fourth-order valence-electron chi connectivity index (χ4n) is 1.47. The number of fused-ring (bicyclic) bond motifs is 1. The molecule has 0 unspecified atom stereocenters. The maximum atomic E-state index is 10.8. The second kappa shape index (κ2) is 3.70. The summed E-state index contributed by atoms with van der Waals surface area (Å²) in [7, 11) is 0. The lowest BCUT2D eigenvalue weighted by Crippen LogP contribution is -1.96. The van der Waals surface area contributed by atoms with Gasteiger partial charge in [0.2, 0.25) is 5.82 Å². The monoisotopic (exact) mass is 221 g/mol. The topological polar surface area (TPSA) is 104 Å². The second-order valence-corrected chi connectivity index (χ2v) is 3.07. The van der Waals surface area contributed by atoms with Crippen LogP contribution in [0.25, 0.3) is 5.65 Å². The number of pyridine rings is 1. The lowest BCUT2D eigenvalue weighted by molar-refractivity contribution is 0.0692. The number of carbonyl (C=O) groups is 1.